The Kier molecular flexibility index (Phi) is 6.65. The van der Waals surface area contributed by atoms with Gasteiger partial charge in [0, 0.05) is 28.4 Å². The minimum absolute atomic E-state index is 0.719. The molecule has 0 aliphatic carbocycles. The summed E-state index contributed by atoms with van der Waals surface area (Å²) in [4.78, 5) is 0. The third-order valence-corrected chi connectivity index (χ3v) is 4.94. The molecule has 150 valence electrons. The first-order valence-corrected chi connectivity index (χ1v) is 10.0. The summed E-state index contributed by atoms with van der Waals surface area (Å²) >= 11 is 0. The van der Waals surface area contributed by atoms with E-state index in [4.69, 9.17) is 22.9 Å². The molecule has 4 aromatic rings. The molecule has 0 bridgehead atoms. The number of pyridine rings is 1. The number of hydrogen-bond donors (Lipinski definition) is 4. The number of rotatable bonds is 4. The van der Waals surface area contributed by atoms with Crippen LogP contribution in [-0.2, 0) is 6.54 Å². The van der Waals surface area contributed by atoms with Gasteiger partial charge in [-0.1, -0.05) is 24.3 Å². The molecule has 0 saturated heterocycles. The fourth-order valence-electron chi connectivity index (χ4n) is 3.61. The summed E-state index contributed by atoms with van der Waals surface area (Å²) in [5, 5.41) is 3.56. The second-order valence-electron chi connectivity index (χ2n) is 6.97. The number of aryl methyl sites for hydroxylation is 1. The third kappa shape index (κ3) is 4.31. The highest BCUT2D eigenvalue weighted by molar-refractivity contribution is 6.10. The number of fused-ring (bicyclic) bond motifs is 3. The molecule has 0 radical (unpaired) electrons. The largest absolute Gasteiger partial charge is 0.399 e. The molecule has 0 fully saturated rings. The molecule has 0 atom stereocenters. The van der Waals surface area contributed by atoms with Gasteiger partial charge in [0.05, 0.1) is 10.8 Å². The summed E-state index contributed by atoms with van der Waals surface area (Å²) in [6, 6.07) is 22.7. The Labute approximate surface area is 171 Å². The summed E-state index contributed by atoms with van der Waals surface area (Å²) in [6.45, 7) is 4.45. The molecule has 29 heavy (non-hydrogen) atoms. The zero-order valence-electron chi connectivity index (χ0n) is 16.9. The average molecular weight is 389 g/mol. The van der Waals surface area contributed by atoms with Crippen molar-refractivity contribution in [3.8, 4) is 11.3 Å². The van der Waals surface area contributed by atoms with Crippen molar-refractivity contribution in [2.75, 3.05) is 24.6 Å². The normalized spacial score (nSPS) is 10.7. The van der Waals surface area contributed by atoms with Crippen molar-refractivity contribution in [3.05, 3.63) is 66.7 Å². The number of benzene rings is 3. The van der Waals surface area contributed by atoms with Crippen LogP contribution in [0.25, 0.3) is 32.9 Å². The van der Waals surface area contributed by atoms with Gasteiger partial charge in [0.2, 0.25) is 11.2 Å². The third-order valence-electron chi connectivity index (χ3n) is 4.94. The van der Waals surface area contributed by atoms with Crippen molar-refractivity contribution in [2.45, 2.75) is 19.9 Å². The van der Waals surface area contributed by atoms with Crippen molar-refractivity contribution in [1.29, 1.82) is 0 Å². The van der Waals surface area contributed by atoms with E-state index < -0.39 is 0 Å². The first kappa shape index (κ1) is 20.6. The molecular weight excluding hydrogens is 358 g/mol. The molecular formula is C24H30N5+. The van der Waals surface area contributed by atoms with Gasteiger partial charge in [-0.05, 0) is 62.8 Å². The Hall–Kier alpha value is -3.15. The van der Waals surface area contributed by atoms with Gasteiger partial charge in [-0.25, -0.2) is 0 Å². The van der Waals surface area contributed by atoms with Gasteiger partial charge in [-0.15, -0.1) is 0 Å². The van der Waals surface area contributed by atoms with Gasteiger partial charge in [0.15, 0.2) is 0 Å². The van der Waals surface area contributed by atoms with E-state index in [1.165, 1.54) is 27.4 Å². The summed E-state index contributed by atoms with van der Waals surface area (Å²) in [6.07, 6.45) is 0.944. The van der Waals surface area contributed by atoms with Crippen LogP contribution in [-0.4, -0.2) is 13.1 Å². The lowest BCUT2D eigenvalue weighted by Gasteiger charge is -2.12. The number of hydrogen-bond acceptors (Lipinski definition) is 4. The standard InChI is InChI=1S/C21H19N3.C3H10N2/c1-2-24-20-13-16(23)9-11-18(20)17-10-8-15(22)12-19(17)21(24)14-6-4-3-5-7-14;4-2-1-3-5/h3-13,23H,2,22H2,1H3;1-5H2/p+1. The maximum absolute atomic E-state index is 6.10. The lowest BCUT2D eigenvalue weighted by atomic mass is 9.98. The van der Waals surface area contributed by atoms with Crippen LogP contribution in [0.2, 0.25) is 0 Å². The van der Waals surface area contributed by atoms with E-state index in [1.54, 1.807) is 0 Å². The summed E-state index contributed by atoms with van der Waals surface area (Å²) in [5.74, 6) is 0. The van der Waals surface area contributed by atoms with Crippen LogP contribution in [0.1, 0.15) is 13.3 Å². The Balaban J connectivity index is 0.000000431. The second-order valence-corrected chi connectivity index (χ2v) is 6.97. The maximum Gasteiger partial charge on any atom is 0.220 e. The van der Waals surface area contributed by atoms with Gasteiger partial charge in [-0.3, -0.25) is 0 Å². The molecule has 0 unspecified atom stereocenters. The molecule has 3 aromatic carbocycles. The number of nitrogens with zero attached hydrogens (tertiary/aromatic N) is 1. The monoisotopic (exact) mass is 388 g/mol. The van der Waals surface area contributed by atoms with Gasteiger partial charge in [0.25, 0.3) is 0 Å². The smallest absolute Gasteiger partial charge is 0.220 e. The lowest BCUT2D eigenvalue weighted by Crippen LogP contribution is -2.36. The first-order valence-electron chi connectivity index (χ1n) is 10.0. The zero-order valence-corrected chi connectivity index (χ0v) is 16.9. The molecule has 5 heteroatoms. The SMILES string of the molecule is CC[n+]1c(-c2ccccc2)c2cc(N)ccc2c2ccc(N)cc21.NCCCN. The predicted molar refractivity (Wildman–Crippen MR) is 124 cm³/mol. The molecule has 0 spiro atoms. The van der Waals surface area contributed by atoms with Crippen LogP contribution in [0, 0.1) is 0 Å². The molecule has 1 aromatic heterocycles. The molecule has 0 saturated carbocycles. The maximum atomic E-state index is 6.10. The number of nitrogen functional groups attached to an aromatic ring is 2. The molecule has 0 aliphatic heterocycles. The summed E-state index contributed by atoms with van der Waals surface area (Å²) in [5.41, 5.74) is 27.3. The Morgan fingerprint density at radius 2 is 1.34 bits per heavy atom. The summed E-state index contributed by atoms with van der Waals surface area (Å²) in [7, 11) is 0. The predicted octanol–water partition coefficient (Wildman–Crippen LogP) is 3.43. The molecule has 0 amide bonds. The fraction of sp³-hybridized carbons (Fsp3) is 0.208. The Morgan fingerprint density at radius 3 is 1.93 bits per heavy atom. The van der Waals surface area contributed by atoms with E-state index >= 15 is 0 Å². The van der Waals surface area contributed by atoms with Crippen molar-refractivity contribution in [2.24, 2.45) is 11.5 Å². The van der Waals surface area contributed by atoms with E-state index in [-0.39, 0.29) is 0 Å². The van der Waals surface area contributed by atoms with Crippen LogP contribution in [0.3, 0.4) is 0 Å². The minimum atomic E-state index is 0.719. The highest BCUT2D eigenvalue weighted by atomic mass is 15.0. The molecule has 0 aliphatic rings. The highest BCUT2D eigenvalue weighted by Crippen LogP contribution is 2.33. The topological polar surface area (TPSA) is 108 Å². The Bertz CT molecular complexity index is 1100. The lowest BCUT2D eigenvalue weighted by molar-refractivity contribution is -0.655. The molecule has 8 N–H and O–H groups in total. The number of nitrogens with two attached hydrogens (primary N) is 4. The number of anilines is 2. The Morgan fingerprint density at radius 1 is 0.724 bits per heavy atom. The first-order chi connectivity index (χ1) is 14.1. The average Bonchev–Trinajstić information content (AvgIpc) is 2.74. The van der Waals surface area contributed by atoms with Crippen LogP contribution in [0.4, 0.5) is 11.4 Å². The van der Waals surface area contributed by atoms with Crippen LogP contribution >= 0.6 is 0 Å². The summed E-state index contributed by atoms with van der Waals surface area (Å²) < 4.78 is 2.32. The van der Waals surface area contributed by atoms with E-state index in [1.807, 2.05) is 18.2 Å². The van der Waals surface area contributed by atoms with Crippen molar-refractivity contribution >= 4 is 33.1 Å². The van der Waals surface area contributed by atoms with Gasteiger partial charge >= 0.3 is 0 Å². The van der Waals surface area contributed by atoms with E-state index in [9.17, 15) is 0 Å². The van der Waals surface area contributed by atoms with Crippen LogP contribution in [0.15, 0.2) is 66.7 Å². The van der Waals surface area contributed by atoms with Crippen LogP contribution in [0.5, 0.6) is 0 Å². The van der Waals surface area contributed by atoms with Gasteiger partial charge in [0.1, 0.15) is 6.54 Å². The quantitative estimate of drug-likeness (QED) is 0.244. The molecule has 1 heterocycles. The van der Waals surface area contributed by atoms with Crippen molar-refractivity contribution in [3.63, 3.8) is 0 Å². The fourth-order valence-corrected chi connectivity index (χ4v) is 3.61. The van der Waals surface area contributed by atoms with E-state index in [2.05, 4.69) is 60.0 Å². The highest BCUT2D eigenvalue weighted by Gasteiger charge is 2.22. The second kappa shape index (κ2) is 9.37. The van der Waals surface area contributed by atoms with Crippen molar-refractivity contribution in [1.82, 2.24) is 0 Å². The van der Waals surface area contributed by atoms with Crippen molar-refractivity contribution < 1.29 is 4.57 Å². The molecule has 4 rings (SSSR count). The van der Waals surface area contributed by atoms with E-state index in [0.29, 0.717) is 0 Å². The molecule has 5 nitrogen and oxygen atoms in total. The van der Waals surface area contributed by atoms with Gasteiger partial charge in [-0.2, -0.15) is 4.57 Å². The van der Waals surface area contributed by atoms with Crippen LogP contribution < -0.4 is 27.5 Å². The van der Waals surface area contributed by atoms with Gasteiger partial charge < -0.3 is 22.9 Å². The number of aromatic nitrogens is 1. The minimum Gasteiger partial charge on any atom is -0.399 e. The van der Waals surface area contributed by atoms with E-state index in [0.717, 1.165) is 42.9 Å². The zero-order chi connectivity index (χ0) is 20.8.